The number of ether oxygens (including phenoxy) is 2. The molecule has 0 unspecified atom stereocenters. The standard InChI is InChI=1S/C20H18FN5O3/c1-4-18(27)26(2)14-6-5-7-15(10-14)29-19-16(21)12-23-20(25-19)24-13-8-9-17(28-3)22-11-13/h4-12H,1H2,2-3H3,(H,23,24,25). The maximum atomic E-state index is 14.2. The van der Waals surface area contributed by atoms with E-state index in [2.05, 4.69) is 26.8 Å². The van der Waals surface area contributed by atoms with E-state index in [-0.39, 0.29) is 17.7 Å². The Morgan fingerprint density at radius 2 is 2.07 bits per heavy atom. The van der Waals surface area contributed by atoms with Crippen LogP contribution in [0.5, 0.6) is 17.5 Å². The number of pyridine rings is 1. The first-order chi connectivity index (χ1) is 14.0. The quantitative estimate of drug-likeness (QED) is 0.610. The molecule has 1 N–H and O–H groups in total. The molecule has 8 nitrogen and oxygen atoms in total. The Bertz CT molecular complexity index is 1030. The highest BCUT2D eigenvalue weighted by atomic mass is 19.1. The molecule has 0 atom stereocenters. The third-order valence-corrected chi connectivity index (χ3v) is 3.84. The average molecular weight is 395 g/mol. The summed E-state index contributed by atoms with van der Waals surface area (Å²) in [7, 11) is 3.11. The normalized spacial score (nSPS) is 10.2. The SMILES string of the molecule is C=CC(=O)N(C)c1cccc(Oc2nc(Nc3ccc(OC)nc3)ncc2F)c1. The predicted octanol–water partition coefficient (Wildman–Crippen LogP) is 3.70. The molecule has 3 aromatic rings. The van der Waals surface area contributed by atoms with Crippen molar-refractivity contribution in [2.45, 2.75) is 0 Å². The van der Waals surface area contributed by atoms with Gasteiger partial charge in [0.05, 0.1) is 25.2 Å². The summed E-state index contributed by atoms with van der Waals surface area (Å²) in [6.07, 6.45) is 3.73. The number of likely N-dealkylation sites (N-methyl/N-ethyl adjacent to an activating group) is 1. The molecule has 0 saturated heterocycles. The molecule has 0 saturated carbocycles. The zero-order chi connectivity index (χ0) is 20.8. The van der Waals surface area contributed by atoms with Crippen LogP contribution in [-0.2, 0) is 4.79 Å². The van der Waals surface area contributed by atoms with Gasteiger partial charge in [-0.1, -0.05) is 12.6 Å². The van der Waals surface area contributed by atoms with Gasteiger partial charge in [-0.25, -0.2) is 9.97 Å². The minimum Gasteiger partial charge on any atom is -0.481 e. The Balaban J connectivity index is 1.79. The summed E-state index contributed by atoms with van der Waals surface area (Å²) >= 11 is 0. The van der Waals surface area contributed by atoms with Crippen LogP contribution in [0.15, 0.2) is 61.4 Å². The summed E-state index contributed by atoms with van der Waals surface area (Å²) in [6, 6.07) is 9.99. The number of methoxy groups -OCH3 is 1. The number of halogens is 1. The van der Waals surface area contributed by atoms with E-state index >= 15 is 0 Å². The number of carbonyl (C=O) groups excluding carboxylic acids is 1. The number of hydrogen-bond acceptors (Lipinski definition) is 7. The van der Waals surface area contributed by atoms with Crippen LogP contribution >= 0.6 is 0 Å². The first-order valence-corrected chi connectivity index (χ1v) is 8.48. The van der Waals surface area contributed by atoms with Crippen LogP contribution in [0.4, 0.5) is 21.7 Å². The van der Waals surface area contributed by atoms with Crippen molar-refractivity contribution < 1.29 is 18.7 Å². The molecule has 2 heterocycles. The smallest absolute Gasteiger partial charge is 0.260 e. The second-order valence-corrected chi connectivity index (χ2v) is 5.76. The van der Waals surface area contributed by atoms with Gasteiger partial charge in [0.1, 0.15) is 5.75 Å². The highest BCUT2D eigenvalue weighted by Gasteiger charge is 2.12. The summed E-state index contributed by atoms with van der Waals surface area (Å²) < 4.78 is 24.7. The summed E-state index contributed by atoms with van der Waals surface area (Å²) in [6.45, 7) is 3.46. The minimum absolute atomic E-state index is 0.128. The van der Waals surface area contributed by atoms with Gasteiger partial charge in [-0.3, -0.25) is 4.79 Å². The van der Waals surface area contributed by atoms with Crippen LogP contribution in [0.3, 0.4) is 0 Å². The van der Waals surface area contributed by atoms with Crippen molar-refractivity contribution in [2.24, 2.45) is 0 Å². The van der Waals surface area contributed by atoms with E-state index in [1.807, 2.05) is 0 Å². The molecule has 0 bridgehead atoms. The molecule has 0 aliphatic carbocycles. The third-order valence-electron chi connectivity index (χ3n) is 3.84. The van der Waals surface area contributed by atoms with E-state index in [1.165, 1.54) is 24.3 Å². The van der Waals surface area contributed by atoms with Gasteiger partial charge in [0.2, 0.25) is 23.6 Å². The molecule has 29 heavy (non-hydrogen) atoms. The Labute approximate surface area is 166 Å². The number of aromatic nitrogens is 3. The first kappa shape index (κ1) is 19.7. The van der Waals surface area contributed by atoms with Crippen molar-refractivity contribution in [3.8, 4) is 17.5 Å². The number of benzene rings is 1. The molecule has 2 aromatic heterocycles. The zero-order valence-electron chi connectivity index (χ0n) is 15.8. The summed E-state index contributed by atoms with van der Waals surface area (Å²) in [5.74, 6) is -0.387. The summed E-state index contributed by atoms with van der Waals surface area (Å²) in [5.41, 5.74) is 1.15. The fourth-order valence-electron chi connectivity index (χ4n) is 2.32. The maximum absolute atomic E-state index is 14.2. The van der Waals surface area contributed by atoms with E-state index in [4.69, 9.17) is 9.47 Å². The zero-order valence-corrected chi connectivity index (χ0v) is 15.8. The molecule has 1 aromatic carbocycles. The Morgan fingerprint density at radius 3 is 2.76 bits per heavy atom. The van der Waals surface area contributed by atoms with Crippen molar-refractivity contribution >= 4 is 23.2 Å². The van der Waals surface area contributed by atoms with Gasteiger partial charge in [0.15, 0.2) is 0 Å². The monoisotopic (exact) mass is 395 g/mol. The Hall–Kier alpha value is -4.01. The van der Waals surface area contributed by atoms with Crippen molar-refractivity contribution in [3.05, 3.63) is 67.3 Å². The molecule has 0 radical (unpaired) electrons. The number of carbonyl (C=O) groups is 1. The van der Waals surface area contributed by atoms with E-state index in [1.54, 1.807) is 43.4 Å². The van der Waals surface area contributed by atoms with Gasteiger partial charge in [-0.05, 0) is 24.3 Å². The highest BCUT2D eigenvalue weighted by Crippen LogP contribution is 2.27. The van der Waals surface area contributed by atoms with E-state index < -0.39 is 5.82 Å². The first-order valence-electron chi connectivity index (χ1n) is 8.48. The average Bonchev–Trinajstić information content (AvgIpc) is 2.75. The molecule has 0 spiro atoms. The van der Waals surface area contributed by atoms with E-state index in [0.717, 1.165) is 6.20 Å². The summed E-state index contributed by atoms with van der Waals surface area (Å²) in [5, 5.41) is 2.91. The van der Waals surface area contributed by atoms with Gasteiger partial charge in [-0.15, -0.1) is 0 Å². The van der Waals surface area contributed by atoms with Crippen molar-refractivity contribution in [3.63, 3.8) is 0 Å². The van der Waals surface area contributed by atoms with Crippen molar-refractivity contribution in [2.75, 3.05) is 24.4 Å². The lowest BCUT2D eigenvalue weighted by Crippen LogP contribution is -2.23. The van der Waals surface area contributed by atoms with Crippen LogP contribution in [0.25, 0.3) is 0 Å². The molecule has 148 valence electrons. The van der Waals surface area contributed by atoms with Crippen LogP contribution < -0.4 is 19.7 Å². The van der Waals surface area contributed by atoms with Gasteiger partial charge >= 0.3 is 0 Å². The minimum atomic E-state index is -0.732. The van der Waals surface area contributed by atoms with Crippen molar-refractivity contribution in [1.82, 2.24) is 15.0 Å². The summed E-state index contributed by atoms with van der Waals surface area (Å²) in [4.78, 5) is 25.2. The van der Waals surface area contributed by atoms with E-state index in [9.17, 15) is 9.18 Å². The Morgan fingerprint density at radius 1 is 1.24 bits per heavy atom. The van der Waals surface area contributed by atoms with E-state index in [0.29, 0.717) is 23.0 Å². The predicted molar refractivity (Wildman–Crippen MR) is 106 cm³/mol. The number of amides is 1. The lowest BCUT2D eigenvalue weighted by Gasteiger charge is -2.16. The molecule has 3 rings (SSSR count). The molecular weight excluding hydrogens is 377 g/mol. The number of nitrogens with zero attached hydrogens (tertiary/aromatic N) is 4. The van der Waals surface area contributed by atoms with Crippen LogP contribution in [0, 0.1) is 5.82 Å². The lowest BCUT2D eigenvalue weighted by molar-refractivity contribution is -0.113. The number of nitrogens with one attached hydrogen (secondary N) is 1. The lowest BCUT2D eigenvalue weighted by atomic mass is 10.2. The largest absolute Gasteiger partial charge is 0.481 e. The van der Waals surface area contributed by atoms with Gasteiger partial charge in [0, 0.05) is 24.9 Å². The molecule has 0 aliphatic rings. The fourth-order valence-corrected chi connectivity index (χ4v) is 2.32. The topological polar surface area (TPSA) is 89.5 Å². The fraction of sp³-hybridized carbons (Fsp3) is 0.100. The van der Waals surface area contributed by atoms with Crippen LogP contribution in [0.2, 0.25) is 0 Å². The molecule has 1 amide bonds. The second-order valence-electron chi connectivity index (χ2n) is 5.76. The number of anilines is 3. The maximum Gasteiger partial charge on any atom is 0.260 e. The molecule has 9 heteroatoms. The number of rotatable bonds is 7. The van der Waals surface area contributed by atoms with Gasteiger partial charge in [-0.2, -0.15) is 9.37 Å². The highest BCUT2D eigenvalue weighted by molar-refractivity contribution is 6.00. The molecule has 0 fully saturated rings. The van der Waals surface area contributed by atoms with Crippen LogP contribution in [0.1, 0.15) is 0 Å². The van der Waals surface area contributed by atoms with Crippen molar-refractivity contribution in [1.29, 1.82) is 0 Å². The molecular formula is C20H18FN5O3. The number of hydrogen-bond donors (Lipinski definition) is 1. The van der Waals surface area contributed by atoms with Gasteiger partial charge < -0.3 is 19.7 Å². The third kappa shape index (κ3) is 4.83. The van der Waals surface area contributed by atoms with Crippen LogP contribution in [-0.4, -0.2) is 35.0 Å². The molecule has 0 aliphatic heterocycles. The van der Waals surface area contributed by atoms with Gasteiger partial charge in [0.25, 0.3) is 5.88 Å². The Kier molecular flexibility index (Phi) is 5.98. The second kappa shape index (κ2) is 8.79.